The summed E-state index contributed by atoms with van der Waals surface area (Å²) in [5.41, 5.74) is 3.41. The Labute approximate surface area is 107 Å². The van der Waals surface area contributed by atoms with Gasteiger partial charge in [-0.1, -0.05) is 13.0 Å². The maximum absolute atomic E-state index is 10.3. The molecule has 0 aliphatic carbocycles. The van der Waals surface area contributed by atoms with Crippen molar-refractivity contribution in [3.8, 4) is 0 Å². The van der Waals surface area contributed by atoms with E-state index in [1.807, 2.05) is 38.1 Å². The molecule has 0 aliphatic rings. The third-order valence-electron chi connectivity index (χ3n) is 2.85. The topological polar surface area (TPSA) is 58.9 Å². The van der Waals surface area contributed by atoms with E-state index in [0.29, 0.717) is 6.42 Å². The first-order valence-corrected chi connectivity index (χ1v) is 6.11. The van der Waals surface area contributed by atoms with Crippen LogP contribution in [0.15, 0.2) is 30.5 Å². The summed E-state index contributed by atoms with van der Waals surface area (Å²) in [6, 6.07) is 7.60. The number of aliphatic hydroxyl groups is 1. The molecule has 1 unspecified atom stereocenters. The molecule has 0 aliphatic heterocycles. The monoisotopic (exact) mass is 243 g/mol. The molecule has 2 aromatic heterocycles. The Hall–Kier alpha value is -1.81. The fourth-order valence-electron chi connectivity index (χ4n) is 1.92. The van der Waals surface area contributed by atoms with E-state index in [9.17, 15) is 5.11 Å². The van der Waals surface area contributed by atoms with Gasteiger partial charge in [0.25, 0.3) is 0 Å². The standard InChI is InChI=1S/C14H17N3O/c1-3-13-12(8-10(2)16-17-13)14(18)9-11-6-4-5-7-15-11/h4-8,14,18H,3,9H2,1-2H3. The lowest BCUT2D eigenvalue weighted by Crippen LogP contribution is -2.09. The van der Waals surface area contributed by atoms with Crippen molar-refractivity contribution >= 4 is 0 Å². The highest BCUT2D eigenvalue weighted by atomic mass is 16.3. The lowest BCUT2D eigenvalue weighted by molar-refractivity contribution is 0.175. The largest absolute Gasteiger partial charge is 0.388 e. The van der Waals surface area contributed by atoms with E-state index in [0.717, 1.165) is 29.1 Å². The number of rotatable bonds is 4. The quantitative estimate of drug-likeness (QED) is 0.892. The van der Waals surface area contributed by atoms with Gasteiger partial charge < -0.3 is 5.11 Å². The van der Waals surface area contributed by atoms with E-state index in [2.05, 4.69) is 15.2 Å². The van der Waals surface area contributed by atoms with Gasteiger partial charge in [0.15, 0.2) is 0 Å². The molecule has 18 heavy (non-hydrogen) atoms. The molecule has 2 heterocycles. The van der Waals surface area contributed by atoms with Gasteiger partial charge in [-0.25, -0.2) is 0 Å². The van der Waals surface area contributed by atoms with Crippen molar-refractivity contribution in [2.45, 2.75) is 32.8 Å². The molecule has 0 bridgehead atoms. The zero-order chi connectivity index (χ0) is 13.0. The molecule has 0 radical (unpaired) electrons. The molecule has 94 valence electrons. The number of aliphatic hydroxyl groups excluding tert-OH is 1. The van der Waals surface area contributed by atoms with Gasteiger partial charge >= 0.3 is 0 Å². The number of pyridine rings is 1. The van der Waals surface area contributed by atoms with Crippen LogP contribution < -0.4 is 0 Å². The molecule has 4 heteroatoms. The third kappa shape index (κ3) is 2.90. The number of hydrogen-bond donors (Lipinski definition) is 1. The van der Waals surface area contributed by atoms with Gasteiger partial charge in [0.2, 0.25) is 0 Å². The minimum atomic E-state index is -0.580. The maximum Gasteiger partial charge on any atom is 0.0864 e. The summed E-state index contributed by atoms with van der Waals surface area (Å²) in [6.07, 6.45) is 2.42. The Morgan fingerprint density at radius 2 is 2.11 bits per heavy atom. The zero-order valence-electron chi connectivity index (χ0n) is 10.7. The summed E-state index contributed by atoms with van der Waals surface area (Å²) >= 11 is 0. The highest BCUT2D eigenvalue weighted by Gasteiger charge is 2.14. The van der Waals surface area contributed by atoms with Gasteiger partial charge in [0, 0.05) is 23.9 Å². The number of aromatic nitrogens is 3. The molecule has 4 nitrogen and oxygen atoms in total. The van der Waals surface area contributed by atoms with Gasteiger partial charge in [0.05, 0.1) is 17.5 Å². The molecular weight excluding hydrogens is 226 g/mol. The Bertz CT molecular complexity index is 514. The van der Waals surface area contributed by atoms with Crippen molar-refractivity contribution in [1.29, 1.82) is 0 Å². The summed E-state index contributed by atoms with van der Waals surface area (Å²) in [5.74, 6) is 0. The Balaban J connectivity index is 2.23. The van der Waals surface area contributed by atoms with Crippen LogP contribution in [0, 0.1) is 6.92 Å². The lowest BCUT2D eigenvalue weighted by Gasteiger charge is -2.13. The van der Waals surface area contributed by atoms with Gasteiger partial charge in [-0.3, -0.25) is 4.98 Å². The van der Waals surface area contributed by atoms with Crippen LogP contribution in [-0.4, -0.2) is 20.3 Å². The molecule has 0 saturated carbocycles. The first-order chi connectivity index (χ1) is 8.70. The predicted octanol–water partition coefficient (Wildman–Crippen LogP) is 2.02. The van der Waals surface area contributed by atoms with Gasteiger partial charge in [-0.2, -0.15) is 10.2 Å². The van der Waals surface area contributed by atoms with E-state index >= 15 is 0 Å². The van der Waals surface area contributed by atoms with E-state index < -0.39 is 6.10 Å². The summed E-state index contributed by atoms with van der Waals surface area (Å²) < 4.78 is 0. The first kappa shape index (κ1) is 12.6. The van der Waals surface area contributed by atoms with Gasteiger partial charge in [0.1, 0.15) is 0 Å². The van der Waals surface area contributed by atoms with Crippen molar-refractivity contribution in [2.24, 2.45) is 0 Å². The molecule has 0 spiro atoms. The molecule has 0 aromatic carbocycles. The van der Waals surface area contributed by atoms with Crippen LogP contribution in [0.3, 0.4) is 0 Å². The number of nitrogens with zero attached hydrogens (tertiary/aromatic N) is 3. The molecule has 2 aromatic rings. The van der Waals surface area contributed by atoms with E-state index in [1.54, 1.807) is 6.20 Å². The van der Waals surface area contributed by atoms with Crippen molar-refractivity contribution in [3.63, 3.8) is 0 Å². The highest BCUT2D eigenvalue weighted by Crippen LogP contribution is 2.20. The van der Waals surface area contributed by atoms with Crippen LogP contribution in [0.4, 0.5) is 0 Å². The van der Waals surface area contributed by atoms with E-state index in [4.69, 9.17) is 0 Å². The molecular formula is C14H17N3O. The minimum absolute atomic E-state index is 0.499. The molecule has 0 fully saturated rings. The van der Waals surface area contributed by atoms with Crippen LogP contribution in [0.25, 0.3) is 0 Å². The van der Waals surface area contributed by atoms with Crippen molar-refractivity contribution in [2.75, 3.05) is 0 Å². The Kier molecular flexibility index (Phi) is 3.99. The summed E-state index contributed by atoms with van der Waals surface area (Å²) in [5, 5.41) is 18.5. The van der Waals surface area contributed by atoms with Crippen LogP contribution in [-0.2, 0) is 12.8 Å². The fourth-order valence-corrected chi connectivity index (χ4v) is 1.92. The lowest BCUT2D eigenvalue weighted by atomic mass is 10.0. The first-order valence-electron chi connectivity index (χ1n) is 6.11. The smallest absolute Gasteiger partial charge is 0.0864 e. The Morgan fingerprint density at radius 1 is 1.28 bits per heavy atom. The maximum atomic E-state index is 10.3. The van der Waals surface area contributed by atoms with Crippen LogP contribution >= 0.6 is 0 Å². The third-order valence-corrected chi connectivity index (χ3v) is 2.85. The normalized spacial score (nSPS) is 12.4. The highest BCUT2D eigenvalue weighted by molar-refractivity contribution is 5.24. The van der Waals surface area contributed by atoms with Crippen LogP contribution in [0.5, 0.6) is 0 Å². The number of aryl methyl sites for hydroxylation is 2. The SMILES string of the molecule is CCc1nnc(C)cc1C(O)Cc1ccccn1. The average molecular weight is 243 g/mol. The molecule has 1 atom stereocenters. The van der Waals surface area contributed by atoms with Crippen LogP contribution in [0.1, 0.15) is 35.7 Å². The summed E-state index contributed by atoms with van der Waals surface area (Å²) in [4.78, 5) is 4.23. The predicted molar refractivity (Wildman–Crippen MR) is 69.0 cm³/mol. The molecule has 0 saturated heterocycles. The Morgan fingerprint density at radius 3 is 2.78 bits per heavy atom. The van der Waals surface area contributed by atoms with Gasteiger partial charge in [-0.05, 0) is 31.5 Å². The minimum Gasteiger partial charge on any atom is -0.388 e. The molecule has 2 rings (SSSR count). The second-order valence-corrected chi connectivity index (χ2v) is 4.28. The van der Waals surface area contributed by atoms with E-state index in [-0.39, 0.29) is 0 Å². The van der Waals surface area contributed by atoms with Crippen molar-refractivity contribution < 1.29 is 5.11 Å². The molecule has 1 N–H and O–H groups in total. The van der Waals surface area contributed by atoms with Gasteiger partial charge in [-0.15, -0.1) is 0 Å². The zero-order valence-corrected chi connectivity index (χ0v) is 10.7. The number of hydrogen-bond acceptors (Lipinski definition) is 4. The average Bonchev–Trinajstić information content (AvgIpc) is 2.40. The van der Waals surface area contributed by atoms with Crippen molar-refractivity contribution in [1.82, 2.24) is 15.2 Å². The summed E-state index contributed by atoms with van der Waals surface area (Å²) in [6.45, 7) is 3.89. The molecule has 0 amide bonds. The van der Waals surface area contributed by atoms with E-state index in [1.165, 1.54) is 0 Å². The van der Waals surface area contributed by atoms with Crippen LogP contribution in [0.2, 0.25) is 0 Å². The van der Waals surface area contributed by atoms with Crippen molar-refractivity contribution in [3.05, 3.63) is 53.1 Å². The fraction of sp³-hybridized carbons (Fsp3) is 0.357. The second kappa shape index (κ2) is 5.69. The summed E-state index contributed by atoms with van der Waals surface area (Å²) in [7, 11) is 0. The second-order valence-electron chi connectivity index (χ2n) is 4.28.